The molecule has 0 aliphatic rings. The largest absolute Gasteiger partial charge is 0.481 e. The van der Waals surface area contributed by atoms with E-state index in [2.05, 4.69) is 48.1 Å². The number of unbranched alkanes of at least 4 members (excludes halogenated alkanes) is 30. The second-order valence-electron chi connectivity index (χ2n) is 19.4. The number of aromatic nitrogens is 4. The first kappa shape index (κ1) is 57.9. The van der Waals surface area contributed by atoms with Gasteiger partial charge in [-0.25, -0.2) is 0 Å². The van der Waals surface area contributed by atoms with Gasteiger partial charge in [0.25, 0.3) is 0 Å². The van der Waals surface area contributed by atoms with Gasteiger partial charge < -0.3 is 10.2 Å². The molecule has 0 aliphatic carbocycles. The first-order valence-corrected chi connectivity index (χ1v) is 27.6. The maximum absolute atomic E-state index is 10.7. The quantitative estimate of drug-likeness (QED) is 0.0422. The fourth-order valence-corrected chi connectivity index (χ4v) is 9.09. The van der Waals surface area contributed by atoms with Crippen LogP contribution >= 0.6 is 0 Å². The van der Waals surface area contributed by atoms with E-state index in [9.17, 15) is 9.59 Å². The van der Waals surface area contributed by atoms with Crippen LogP contribution in [0.2, 0.25) is 0 Å². The van der Waals surface area contributed by atoms with Crippen LogP contribution in [0.4, 0.5) is 0 Å². The minimum absolute atomic E-state index is 0.0929. The molecule has 4 aromatic heterocycles. The van der Waals surface area contributed by atoms with Crippen LogP contribution in [0.1, 0.15) is 242 Å². The van der Waals surface area contributed by atoms with E-state index in [1.54, 1.807) is 24.3 Å². The van der Waals surface area contributed by atoms with Gasteiger partial charge in [0.15, 0.2) is 0 Å². The van der Waals surface area contributed by atoms with Crippen LogP contribution in [0, 0.1) is 0 Å². The number of aryl methyl sites for hydroxylation is 2. The highest BCUT2D eigenvalue weighted by molar-refractivity contribution is 5.72. The van der Waals surface area contributed by atoms with Crippen molar-refractivity contribution in [1.29, 1.82) is 0 Å². The number of carboxylic acid groups (broad SMARTS) is 2. The normalized spacial score (nSPS) is 11.1. The molecule has 0 fully saturated rings. The molecule has 4 rings (SSSR count). The highest BCUT2D eigenvalue weighted by Crippen LogP contribution is 2.22. The molecular formula is C60H92N4O4. The van der Waals surface area contributed by atoms with Crippen molar-refractivity contribution in [3.05, 3.63) is 95.6 Å². The van der Waals surface area contributed by atoms with Crippen LogP contribution < -0.4 is 0 Å². The molecular weight excluding hydrogens is 841 g/mol. The van der Waals surface area contributed by atoms with E-state index < -0.39 is 11.9 Å². The molecule has 0 aromatic carbocycles. The maximum atomic E-state index is 10.7. The summed E-state index contributed by atoms with van der Waals surface area (Å²) in [6, 6.07) is 15.5. The Morgan fingerprint density at radius 1 is 0.324 bits per heavy atom. The number of rotatable bonds is 40. The fourth-order valence-electron chi connectivity index (χ4n) is 9.09. The first-order valence-electron chi connectivity index (χ1n) is 27.6. The molecule has 0 unspecified atom stereocenters. The van der Waals surface area contributed by atoms with Crippen molar-refractivity contribution in [3.8, 4) is 22.8 Å². The van der Waals surface area contributed by atoms with Crippen molar-refractivity contribution in [3.63, 3.8) is 0 Å². The molecule has 0 atom stereocenters. The van der Waals surface area contributed by atoms with Gasteiger partial charge in [-0.2, -0.15) is 0 Å². The summed E-state index contributed by atoms with van der Waals surface area (Å²) in [7, 11) is 0. The number of carbonyl (C=O) groups is 2. The second kappa shape index (κ2) is 39.4. The molecule has 8 heteroatoms. The van der Waals surface area contributed by atoms with Gasteiger partial charge in [-0.3, -0.25) is 29.5 Å². The van der Waals surface area contributed by atoms with E-state index >= 15 is 0 Å². The van der Waals surface area contributed by atoms with Gasteiger partial charge in [-0.1, -0.05) is 206 Å². The molecule has 0 saturated carbocycles. The zero-order chi connectivity index (χ0) is 48.5. The molecule has 2 N–H and O–H groups in total. The highest BCUT2D eigenvalue weighted by Gasteiger charge is 2.09. The Labute approximate surface area is 413 Å². The lowest BCUT2D eigenvalue weighted by Crippen LogP contribution is -2.02. The van der Waals surface area contributed by atoms with E-state index in [1.165, 1.54) is 229 Å². The zero-order valence-corrected chi connectivity index (χ0v) is 42.9. The first-order chi connectivity index (χ1) is 33.4. The smallest absolute Gasteiger partial charge is 0.307 e. The molecule has 0 saturated heterocycles. The van der Waals surface area contributed by atoms with Crippen LogP contribution in [-0.2, 0) is 35.3 Å². The van der Waals surface area contributed by atoms with Crippen molar-refractivity contribution in [2.45, 2.75) is 245 Å². The molecule has 4 aromatic rings. The Hall–Kier alpha value is -4.46. The maximum Gasteiger partial charge on any atom is 0.307 e. The fraction of sp³-hybridized carbons (Fsp3) is 0.633. The minimum atomic E-state index is -0.922. The van der Waals surface area contributed by atoms with Gasteiger partial charge in [0.2, 0.25) is 0 Å². The molecule has 0 radical (unpaired) electrons. The Kier molecular flexibility index (Phi) is 33.5. The predicted molar refractivity (Wildman–Crippen MR) is 284 cm³/mol. The summed E-state index contributed by atoms with van der Waals surface area (Å²) in [5.74, 6) is -1.84. The topological polar surface area (TPSA) is 126 Å². The second-order valence-corrected chi connectivity index (χ2v) is 19.4. The lowest BCUT2D eigenvalue weighted by molar-refractivity contribution is -0.137. The Morgan fingerprint density at radius 3 is 0.765 bits per heavy atom. The zero-order valence-electron chi connectivity index (χ0n) is 42.9. The number of carboxylic acids is 2. The molecule has 0 amide bonds. The highest BCUT2D eigenvalue weighted by atomic mass is 16.4. The van der Waals surface area contributed by atoms with E-state index in [0.29, 0.717) is 22.5 Å². The van der Waals surface area contributed by atoms with Crippen LogP contribution in [0.3, 0.4) is 0 Å². The van der Waals surface area contributed by atoms with E-state index in [0.717, 1.165) is 24.2 Å². The van der Waals surface area contributed by atoms with Crippen molar-refractivity contribution in [2.75, 3.05) is 0 Å². The van der Waals surface area contributed by atoms with Crippen LogP contribution in [0.5, 0.6) is 0 Å². The number of pyridine rings is 4. The van der Waals surface area contributed by atoms with E-state index in [-0.39, 0.29) is 12.8 Å². The number of hydrogen-bond acceptors (Lipinski definition) is 6. The molecule has 0 bridgehead atoms. The van der Waals surface area contributed by atoms with Gasteiger partial charge >= 0.3 is 11.9 Å². The van der Waals surface area contributed by atoms with Crippen molar-refractivity contribution >= 4 is 11.9 Å². The Bertz CT molecular complexity index is 1750. The summed E-state index contributed by atoms with van der Waals surface area (Å²) >= 11 is 0. The minimum Gasteiger partial charge on any atom is -0.481 e. The summed E-state index contributed by atoms with van der Waals surface area (Å²) in [5, 5.41) is 17.5. The Morgan fingerprint density at radius 2 is 0.529 bits per heavy atom. The average Bonchev–Trinajstić information content (AvgIpc) is 3.34. The Balaban J connectivity index is 0.000000505. The van der Waals surface area contributed by atoms with Gasteiger partial charge in [-0.15, -0.1) is 0 Å². The molecule has 8 nitrogen and oxygen atoms in total. The number of nitrogens with zero attached hydrogens (tertiary/aromatic N) is 4. The molecule has 68 heavy (non-hydrogen) atoms. The van der Waals surface area contributed by atoms with Crippen molar-refractivity contribution < 1.29 is 19.8 Å². The summed E-state index contributed by atoms with van der Waals surface area (Å²) in [6.45, 7) is 4.61. The monoisotopic (exact) mass is 933 g/mol. The van der Waals surface area contributed by atoms with Gasteiger partial charge in [0.05, 0.1) is 35.6 Å². The molecule has 0 aliphatic heterocycles. The van der Waals surface area contributed by atoms with Gasteiger partial charge in [-0.05, 0) is 96.5 Å². The van der Waals surface area contributed by atoms with Crippen LogP contribution in [0.15, 0.2) is 73.3 Å². The number of aliphatic carboxylic acids is 2. The molecule has 0 spiro atoms. The number of hydrogen-bond donors (Lipinski definition) is 2. The van der Waals surface area contributed by atoms with E-state index in [4.69, 9.17) is 20.2 Å². The molecule has 4 heterocycles. The molecule has 376 valence electrons. The summed E-state index contributed by atoms with van der Waals surface area (Å²) in [6.07, 6.45) is 54.6. The SMILES string of the molecule is CCCCCCCCCCCCCCCCCCc1ccnc(-c2cc(CCCCCCCCCCCCCCCCCC)ccn2)c1.O=C(O)Cc1ccnc(-c2cc(CC(=O)O)ccn2)c1. The summed E-state index contributed by atoms with van der Waals surface area (Å²) in [4.78, 5) is 39.0. The lowest BCUT2D eigenvalue weighted by Gasteiger charge is -2.07. The standard InChI is InChI=1S/C46H80N2.C14H12N2O4/c1-3-5-7-9-11-13-15-17-19-21-23-25-27-29-31-33-35-43-37-39-47-45(41-43)46-42-44(38-40-48-46)36-34-32-30-28-26-24-22-20-18-16-14-12-10-8-6-4-2;17-13(18)7-9-1-3-15-11(5-9)12-6-10(2-4-16-12)8-14(19)20/h37-42H,3-36H2,1-2H3;1-6H,7-8H2,(H,17,18)(H,19,20). The average molecular weight is 933 g/mol. The van der Waals surface area contributed by atoms with Crippen LogP contribution in [-0.4, -0.2) is 42.1 Å². The third-order valence-corrected chi connectivity index (χ3v) is 13.2. The van der Waals surface area contributed by atoms with Crippen molar-refractivity contribution in [1.82, 2.24) is 19.9 Å². The van der Waals surface area contributed by atoms with Gasteiger partial charge in [0.1, 0.15) is 0 Å². The third kappa shape index (κ3) is 29.4. The lowest BCUT2D eigenvalue weighted by atomic mass is 10.0. The predicted octanol–water partition coefficient (Wildman–Crippen LogP) is 17.1. The third-order valence-electron chi connectivity index (χ3n) is 13.2. The van der Waals surface area contributed by atoms with Gasteiger partial charge in [0, 0.05) is 24.8 Å². The van der Waals surface area contributed by atoms with Crippen molar-refractivity contribution in [2.24, 2.45) is 0 Å². The van der Waals surface area contributed by atoms with E-state index in [1.807, 2.05) is 12.4 Å². The van der Waals surface area contributed by atoms with Crippen LogP contribution in [0.25, 0.3) is 22.8 Å². The summed E-state index contributed by atoms with van der Waals surface area (Å²) in [5.41, 5.74) is 7.19. The summed E-state index contributed by atoms with van der Waals surface area (Å²) < 4.78 is 0.